The van der Waals surface area contributed by atoms with Crippen LogP contribution in [0.4, 0.5) is 0 Å². The second-order valence-electron chi connectivity index (χ2n) is 9.09. The lowest BCUT2D eigenvalue weighted by atomic mass is 9.96. The number of amides is 2. The Balaban J connectivity index is 1.38. The van der Waals surface area contributed by atoms with E-state index in [4.69, 9.17) is 0 Å². The van der Waals surface area contributed by atoms with Crippen molar-refractivity contribution in [3.05, 3.63) is 59.7 Å². The third kappa shape index (κ3) is 5.57. The maximum absolute atomic E-state index is 12.8. The third-order valence-electron chi connectivity index (χ3n) is 6.79. The van der Waals surface area contributed by atoms with E-state index in [9.17, 15) is 9.59 Å². The van der Waals surface area contributed by atoms with Gasteiger partial charge in [-0.15, -0.1) is 0 Å². The maximum Gasteiger partial charge on any atom is 0.225 e. The second kappa shape index (κ2) is 10.8. The lowest BCUT2D eigenvalue weighted by Gasteiger charge is -2.32. The van der Waals surface area contributed by atoms with E-state index < -0.39 is 0 Å². The van der Waals surface area contributed by atoms with Crippen LogP contribution in [0.15, 0.2) is 48.5 Å². The monoisotopic (exact) mass is 433 g/mol. The predicted octanol–water partition coefficient (Wildman–Crippen LogP) is 4.21. The molecule has 2 aliphatic rings. The summed E-state index contributed by atoms with van der Waals surface area (Å²) in [4.78, 5) is 29.2. The molecule has 0 radical (unpaired) electrons. The number of rotatable bonds is 7. The Labute approximate surface area is 191 Å². The zero-order valence-corrected chi connectivity index (χ0v) is 19.2. The molecule has 1 atom stereocenters. The van der Waals surface area contributed by atoms with Crippen LogP contribution in [0.25, 0.3) is 11.1 Å². The van der Waals surface area contributed by atoms with E-state index in [0.717, 1.165) is 37.1 Å². The van der Waals surface area contributed by atoms with Gasteiger partial charge in [-0.2, -0.15) is 0 Å². The van der Waals surface area contributed by atoms with Crippen LogP contribution in [0.1, 0.15) is 50.2 Å². The third-order valence-corrected chi connectivity index (χ3v) is 6.79. The number of carbonyl (C=O) groups excluding carboxylic acids is 2. The number of nitrogens with one attached hydrogen (secondary N) is 1. The van der Waals surface area contributed by atoms with Crippen LogP contribution in [0.3, 0.4) is 0 Å². The molecule has 0 aromatic heterocycles. The number of likely N-dealkylation sites (tertiary alicyclic amines) is 2. The normalized spacial score (nSPS) is 19.2. The van der Waals surface area contributed by atoms with Crippen LogP contribution in [-0.4, -0.2) is 47.8 Å². The minimum Gasteiger partial charge on any atom is -0.352 e. The summed E-state index contributed by atoms with van der Waals surface area (Å²) in [5.41, 5.74) is 4.81. The van der Waals surface area contributed by atoms with E-state index in [-0.39, 0.29) is 17.7 Å². The fourth-order valence-corrected chi connectivity index (χ4v) is 4.91. The molecule has 2 amide bonds. The molecule has 2 aromatic rings. The molecule has 5 nitrogen and oxygen atoms in total. The molecule has 2 saturated heterocycles. The van der Waals surface area contributed by atoms with Gasteiger partial charge >= 0.3 is 0 Å². The summed E-state index contributed by atoms with van der Waals surface area (Å²) in [6.45, 7) is 7.12. The molecule has 170 valence electrons. The maximum atomic E-state index is 12.8. The Morgan fingerprint density at radius 2 is 1.72 bits per heavy atom. The lowest BCUT2D eigenvalue weighted by Crippen LogP contribution is -2.45. The highest BCUT2D eigenvalue weighted by Crippen LogP contribution is 2.25. The molecule has 2 aromatic carbocycles. The van der Waals surface area contributed by atoms with Crippen LogP contribution in [0.5, 0.6) is 0 Å². The molecule has 0 spiro atoms. The number of piperidine rings is 1. The molecule has 32 heavy (non-hydrogen) atoms. The van der Waals surface area contributed by atoms with Gasteiger partial charge in [0, 0.05) is 32.6 Å². The summed E-state index contributed by atoms with van der Waals surface area (Å²) in [6.07, 6.45) is 4.86. The van der Waals surface area contributed by atoms with Gasteiger partial charge in [-0.3, -0.25) is 14.5 Å². The molecule has 1 N–H and O–H groups in total. The zero-order valence-electron chi connectivity index (χ0n) is 19.2. The topological polar surface area (TPSA) is 52.7 Å². The first-order valence-electron chi connectivity index (χ1n) is 12.1. The van der Waals surface area contributed by atoms with Crippen molar-refractivity contribution in [2.24, 2.45) is 5.92 Å². The van der Waals surface area contributed by atoms with Gasteiger partial charge < -0.3 is 10.2 Å². The Morgan fingerprint density at radius 1 is 0.969 bits per heavy atom. The van der Waals surface area contributed by atoms with Gasteiger partial charge in [-0.25, -0.2) is 0 Å². The molecule has 4 rings (SSSR count). The van der Waals surface area contributed by atoms with Gasteiger partial charge in [-0.05, 0) is 61.0 Å². The van der Waals surface area contributed by atoms with E-state index in [1.54, 1.807) is 0 Å². The number of benzene rings is 2. The Kier molecular flexibility index (Phi) is 7.59. The number of carbonyl (C=O) groups is 2. The fraction of sp³-hybridized carbons (Fsp3) is 0.481. The summed E-state index contributed by atoms with van der Waals surface area (Å²) in [6, 6.07) is 17.1. The molecular formula is C27H35N3O2. The highest BCUT2D eigenvalue weighted by atomic mass is 16.2. The second-order valence-corrected chi connectivity index (χ2v) is 9.09. The lowest BCUT2D eigenvalue weighted by molar-refractivity contribution is -0.135. The van der Waals surface area contributed by atoms with Crippen molar-refractivity contribution in [1.82, 2.24) is 15.1 Å². The van der Waals surface area contributed by atoms with Crippen LogP contribution >= 0.6 is 0 Å². The van der Waals surface area contributed by atoms with E-state index in [0.29, 0.717) is 19.5 Å². The zero-order chi connectivity index (χ0) is 22.3. The quantitative estimate of drug-likeness (QED) is 0.712. The van der Waals surface area contributed by atoms with Crippen LogP contribution in [0.2, 0.25) is 0 Å². The minimum absolute atomic E-state index is 0.0503. The average molecular weight is 434 g/mol. The van der Waals surface area contributed by atoms with E-state index >= 15 is 0 Å². The molecule has 5 heteroatoms. The summed E-state index contributed by atoms with van der Waals surface area (Å²) in [5, 5.41) is 3.13. The Hall–Kier alpha value is -2.66. The SMILES string of the molecule is CCC(=O)N1CCCC(C(=O)NCc2ccccc2-c2ccc(CN3CCCC3)cc2)C1. The van der Waals surface area contributed by atoms with Gasteiger partial charge in [-0.1, -0.05) is 55.5 Å². The highest BCUT2D eigenvalue weighted by Gasteiger charge is 2.27. The first-order valence-corrected chi connectivity index (χ1v) is 12.1. The average Bonchev–Trinajstić information content (AvgIpc) is 3.36. The Morgan fingerprint density at radius 3 is 2.47 bits per heavy atom. The van der Waals surface area contributed by atoms with Crippen molar-refractivity contribution >= 4 is 11.8 Å². The van der Waals surface area contributed by atoms with Crippen LogP contribution in [0, 0.1) is 5.92 Å². The smallest absolute Gasteiger partial charge is 0.225 e. The van der Waals surface area contributed by atoms with Gasteiger partial charge in [0.05, 0.1) is 5.92 Å². The first kappa shape index (κ1) is 22.5. The standard InChI is InChI=1S/C27H35N3O2/c1-2-26(31)30-17-7-9-24(20-30)27(32)28-18-23-8-3-4-10-25(23)22-13-11-21(12-14-22)19-29-15-5-6-16-29/h3-4,8,10-14,24H,2,5-7,9,15-20H2,1H3,(H,28,32). The number of hydrogen-bond donors (Lipinski definition) is 1. The molecule has 2 aliphatic heterocycles. The first-order chi connectivity index (χ1) is 15.6. The largest absolute Gasteiger partial charge is 0.352 e. The molecular weight excluding hydrogens is 398 g/mol. The van der Waals surface area contributed by atoms with E-state index in [2.05, 4.69) is 46.6 Å². The van der Waals surface area contributed by atoms with Crippen molar-refractivity contribution in [3.8, 4) is 11.1 Å². The van der Waals surface area contributed by atoms with E-state index in [1.807, 2.05) is 24.0 Å². The van der Waals surface area contributed by atoms with Crippen molar-refractivity contribution in [1.29, 1.82) is 0 Å². The minimum atomic E-state index is -0.115. The fourth-order valence-electron chi connectivity index (χ4n) is 4.91. The van der Waals surface area contributed by atoms with Crippen LogP contribution in [-0.2, 0) is 22.7 Å². The molecule has 0 aliphatic carbocycles. The van der Waals surface area contributed by atoms with Crippen molar-refractivity contribution in [2.45, 2.75) is 52.1 Å². The van der Waals surface area contributed by atoms with E-state index in [1.165, 1.54) is 37.1 Å². The van der Waals surface area contributed by atoms with Crippen LogP contribution < -0.4 is 5.32 Å². The highest BCUT2D eigenvalue weighted by molar-refractivity contribution is 5.81. The predicted molar refractivity (Wildman–Crippen MR) is 128 cm³/mol. The van der Waals surface area contributed by atoms with Crippen molar-refractivity contribution < 1.29 is 9.59 Å². The summed E-state index contributed by atoms with van der Waals surface area (Å²) in [5.74, 6) is 0.0756. The van der Waals surface area contributed by atoms with Gasteiger partial charge in [0.15, 0.2) is 0 Å². The summed E-state index contributed by atoms with van der Waals surface area (Å²) >= 11 is 0. The summed E-state index contributed by atoms with van der Waals surface area (Å²) in [7, 11) is 0. The Bertz CT molecular complexity index is 919. The molecule has 2 fully saturated rings. The van der Waals surface area contributed by atoms with Gasteiger partial charge in [0.25, 0.3) is 0 Å². The van der Waals surface area contributed by atoms with Gasteiger partial charge in [0.2, 0.25) is 11.8 Å². The number of hydrogen-bond acceptors (Lipinski definition) is 3. The van der Waals surface area contributed by atoms with Crippen molar-refractivity contribution in [2.75, 3.05) is 26.2 Å². The molecule has 1 unspecified atom stereocenters. The van der Waals surface area contributed by atoms with Gasteiger partial charge in [0.1, 0.15) is 0 Å². The number of nitrogens with zero attached hydrogens (tertiary/aromatic N) is 2. The molecule has 0 saturated carbocycles. The van der Waals surface area contributed by atoms with Crippen molar-refractivity contribution in [3.63, 3.8) is 0 Å². The molecule has 2 heterocycles. The summed E-state index contributed by atoms with van der Waals surface area (Å²) < 4.78 is 0. The molecule has 0 bridgehead atoms.